The molecule has 0 bridgehead atoms. The van der Waals surface area contributed by atoms with Crippen LogP contribution in [0.1, 0.15) is 19.8 Å². The third-order valence-corrected chi connectivity index (χ3v) is 5.69. The van der Waals surface area contributed by atoms with Gasteiger partial charge in [0.15, 0.2) is 0 Å². The molecule has 1 amide bonds. The second-order valence-corrected chi connectivity index (χ2v) is 7.85. The van der Waals surface area contributed by atoms with E-state index >= 15 is 0 Å². The van der Waals surface area contributed by atoms with E-state index in [1.165, 1.54) is 0 Å². The van der Waals surface area contributed by atoms with Gasteiger partial charge in [-0.25, -0.2) is 0 Å². The summed E-state index contributed by atoms with van der Waals surface area (Å²) >= 11 is 0. The Morgan fingerprint density at radius 1 is 1.06 bits per heavy atom. The molecule has 0 saturated carbocycles. The fraction of sp³-hybridized carbons (Fsp3) is 0.320. The third-order valence-electron chi connectivity index (χ3n) is 5.69. The maximum atomic E-state index is 13.2. The number of ether oxygens (including phenoxy) is 1. The third kappa shape index (κ3) is 4.73. The van der Waals surface area contributed by atoms with Crippen LogP contribution >= 0.6 is 0 Å². The van der Waals surface area contributed by atoms with E-state index in [1.807, 2.05) is 35.2 Å². The number of rotatable bonds is 6. The fourth-order valence-corrected chi connectivity index (χ4v) is 4.05. The lowest BCUT2D eigenvalue weighted by molar-refractivity contribution is -0.149. The van der Waals surface area contributed by atoms with Crippen LogP contribution in [0.4, 0.5) is 5.88 Å². The predicted octanol–water partition coefficient (Wildman–Crippen LogP) is 3.67. The lowest BCUT2D eigenvalue weighted by Crippen LogP contribution is -2.41. The number of anilines is 1. The van der Waals surface area contributed by atoms with Crippen LogP contribution in [0.3, 0.4) is 0 Å². The van der Waals surface area contributed by atoms with Crippen LogP contribution in [0.25, 0.3) is 22.1 Å². The average Bonchev–Trinajstić information content (AvgIpc) is 2.80. The number of amides is 1. The first-order valence-electron chi connectivity index (χ1n) is 10.9. The highest BCUT2D eigenvalue weighted by molar-refractivity contribution is 5.97. The van der Waals surface area contributed by atoms with Crippen molar-refractivity contribution in [2.24, 2.45) is 5.92 Å². The molecule has 1 aliphatic heterocycles. The van der Waals surface area contributed by atoms with Gasteiger partial charge >= 0.3 is 5.97 Å². The van der Waals surface area contributed by atoms with Gasteiger partial charge in [-0.3, -0.25) is 24.6 Å². The number of hydrogen-bond acceptors (Lipinski definition) is 6. The minimum atomic E-state index is -0.268. The summed E-state index contributed by atoms with van der Waals surface area (Å²) in [6.45, 7) is 3.59. The van der Waals surface area contributed by atoms with Gasteiger partial charge in [-0.15, -0.1) is 0 Å². The van der Waals surface area contributed by atoms with Crippen LogP contribution in [0.5, 0.6) is 0 Å². The van der Waals surface area contributed by atoms with Gasteiger partial charge in [-0.1, -0.05) is 42.5 Å². The van der Waals surface area contributed by atoms with E-state index in [1.54, 1.807) is 31.2 Å². The van der Waals surface area contributed by atoms with Crippen molar-refractivity contribution in [2.75, 3.05) is 31.6 Å². The number of piperidine rings is 1. The molecule has 0 unspecified atom stereocenters. The van der Waals surface area contributed by atoms with Gasteiger partial charge in [0.25, 0.3) is 0 Å². The molecule has 7 nitrogen and oxygen atoms in total. The van der Waals surface area contributed by atoms with E-state index in [-0.39, 0.29) is 35.7 Å². The molecule has 2 heterocycles. The number of hydrogen-bond donors (Lipinski definition) is 1. The minimum Gasteiger partial charge on any atom is -0.466 e. The number of likely N-dealkylation sites (tertiary alicyclic amines) is 1. The molecule has 0 aliphatic carbocycles. The SMILES string of the molecule is CCOC(=O)C1CCN(CC(=O)Nc2oc3ccccc3c(=O)c2-c2ccccc2)CC1. The molecule has 2 aromatic carbocycles. The molecule has 7 heteroatoms. The zero-order valence-electron chi connectivity index (χ0n) is 18.0. The Morgan fingerprint density at radius 3 is 2.47 bits per heavy atom. The normalized spacial score (nSPS) is 14.9. The van der Waals surface area contributed by atoms with E-state index in [0.29, 0.717) is 54.6 Å². The molecule has 166 valence electrons. The summed E-state index contributed by atoms with van der Waals surface area (Å²) in [6.07, 6.45) is 1.32. The topological polar surface area (TPSA) is 88.8 Å². The highest BCUT2D eigenvalue weighted by Gasteiger charge is 2.27. The Labute approximate surface area is 186 Å². The van der Waals surface area contributed by atoms with Gasteiger partial charge in [0.1, 0.15) is 5.58 Å². The smallest absolute Gasteiger partial charge is 0.309 e. The Kier molecular flexibility index (Phi) is 6.66. The van der Waals surface area contributed by atoms with Crippen LogP contribution in [-0.4, -0.2) is 43.0 Å². The van der Waals surface area contributed by atoms with E-state index in [0.717, 1.165) is 0 Å². The molecule has 4 rings (SSSR count). The Morgan fingerprint density at radius 2 is 1.75 bits per heavy atom. The Balaban J connectivity index is 1.52. The standard InChI is InChI=1S/C25H26N2O5/c1-2-31-25(30)18-12-14-27(15-13-18)16-21(28)26-24-22(17-8-4-3-5-9-17)23(29)19-10-6-7-11-20(19)32-24/h3-11,18H,2,12-16H2,1H3,(H,26,28). The summed E-state index contributed by atoms with van der Waals surface area (Å²) in [5, 5.41) is 3.27. The largest absolute Gasteiger partial charge is 0.466 e. The molecule has 1 N–H and O–H groups in total. The average molecular weight is 434 g/mol. The maximum absolute atomic E-state index is 13.2. The van der Waals surface area contributed by atoms with Crippen LogP contribution < -0.4 is 10.7 Å². The van der Waals surface area contributed by atoms with Gasteiger partial charge in [-0.2, -0.15) is 0 Å². The highest BCUT2D eigenvalue weighted by Crippen LogP contribution is 2.28. The first kappa shape index (κ1) is 21.8. The van der Waals surface area contributed by atoms with Gasteiger partial charge in [-0.05, 0) is 50.6 Å². The highest BCUT2D eigenvalue weighted by atomic mass is 16.5. The first-order valence-corrected chi connectivity index (χ1v) is 10.9. The van der Waals surface area contributed by atoms with Crippen LogP contribution in [0.2, 0.25) is 0 Å². The Hall–Kier alpha value is -3.45. The lowest BCUT2D eigenvalue weighted by Gasteiger charge is -2.30. The molecular weight excluding hydrogens is 408 g/mol. The van der Waals surface area contributed by atoms with E-state index in [4.69, 9.17) is 9.15 Å². The summed E-state index contributed by atoms with van der Waals surface area (Å²) in [7, 11) is 0. The first-order chi connectivity index (χ1) is 15.6. The maximum Gasteiger partial charge on any atom is 0.309 e. The monoisotopic (exact) mass is 434 g/mol. The number of nitrogens with zero attached hydrogens (tertiary/aromatic N) is 1. The van der Waals surface area contributed by atoms with Crippen LogP contribution in [0.15, 0.2) is 63.8 Å². The lowest BCUT2D eigenvalue weighted by atomic mass is 9.97. The van der Waals surface area contributed by atoms with Crippen molar-refractivity contribution in [2.45, 2.75) is 19.8 Å². The van der Waals surface area contributed by atoms with Crippen molar-refractivity contribution < 1.29 is 18.7 Å². The van der Waals surface area contributed by atoms with Crippen molar-refractivity contribution in [1.82, 2.24) is 4.90 Å². The number of para-hydroxylation sites is 1. The van der Waals surface area contributed by atoms with Gasteiger partial charge in [0, 0.05) is 0 Å². The molecular formula is C25H26N2O5. The van der Waals surface area contributed by atoms with Gasteiger partial charge in [0.05, 0.1) is 30.0 Å². The molecule has 1 fully saturated rings. The number of benzene rings is 2. The minimum absolute atomic E-state index is 0.113. The van der Waals surface area contributed by atoms with Crippen LogP contribution in [0, 0.1) is 5.92 Å². The summed E-state index contributed by atoms with van der Waals surface area (Å²) in [6, 6.07) is 16.2. The van der Waals surface area contributed by atoms with Crippen molar-refractivity contribution >= 4 is 28.7 Å². The molecule has 0 radical (unpaired) electrons. The second-order valence-electron chi connectivity index (χ2n) is 7.85. The number of fused-ring (bicyclic) bond motifs is 1. The van der Waals surface area contributed by atoms with Gasteiger partial charge in [0.2, 0.25) is 17.2 Å². The van der Waals surface area contributed by atoms with Gasteiger partial charge < -0.3 is 9.15 Å². The molecule has 1 aliphatic rings. The Bertz CT molecular complexity index is 1160. The van der Waals surface area contributed by atoms with Crippen molar-refractivity contribution in [3.8, 4) is 11.1 Å². The number of carbonyl (C=O) groups excluding carboxylic acids is 2. The summed E-state index contributed by atoms with van der Waals surface area (Å²) in [4.78, 5) is 39.9. The second kappa shape index (κ2) is 9.78. The summed E-state index contributed by atoms with van der Waals surface area (Å²) < 4.78 is 11.1. The molecule has 1 aromatic heterocycles. The molecule has 0 atom stereocenters. The summed E-state index contributed by atoms with van der Waals surface area (Å²) in [5.41, 5.74) is 1.24. The molecule has 0 spiro atoms. The van der Waals surface area contributed by atoms with Crippen molar-refractivity contribution in [3.05, 3.63) is 64.8 Å². The number of carbonyl (C=O) groups is 2. The molecule has 1 saturated heterocycles. The summed E-state index contributed by atoms with van der Waals surface area (Å²) in [5.74, 6) is -0.402. The van der Waals surface area contributed by atoms with E-state index < -0.39 is 0 Å². The number of esters is 1. The zero-order chi connectivity index (χ0) is 22.5. The van der Waals surface area contributed by atoms with Crippen molar-refractivity contribution in [3.63, 3.8) is 0 Å². The molecule has 32 heavy (non-hydrogen) atoms. The van der Waals surface area contributed by atoms with Crippen LogP contribution in [-0.2, 0) is 14.3 Å². The quantitative estimate of drug-likeness (QED) is 0.596. The van der Waals surface area contributed by atoms with E-state index in [2.05, 4.69) is 5.32 Å². The molecule has 3 aromatic rings. The number of nitrogens with one attached hydrogen (secondary N) is 1. The van der Waals surface area contributed by atoms with E-state index in [9.17, 15) is 14.4 Å². The zero-order valence-corrected chi connectivity index (χ0v) is 18.0. The van der Waals surface area contributed by atoms with Crippen molar-refractivity contribution in [1.29, 1.82) is 0 Å². The fourth-order valence-electron chi connectivity index (χ4n) is 4.05. The predicted molar refractivity (Wildman–Crippen MR) is 122 cm³/mol.